The average molecular weight is 289 g/mol. The summed E-state index contributed by atoms with van der Waals surface area (Å²) >= 11 is 3.18. The molecular formula is C11H14BrFN2O. The number of anilines is 2. The lowest BCUT2D eigenvalue weighted by Crippen LogP contribution is -2.33. The van der Waals surface area contributed by atoms with Crippen molar-refractivity contribution in [3.63, 3.8) is 0 Å². The third kappa shape index (κ3) is 2.47. The van der Waals surface area contributed by atoms with Crippen LogP contribution in [-0.4, -0.2) is 26.3 Å². The molecule has 1 atom stereocenters. The first-order chi connectivity index (χ1) is 7.70. The Balaban J connectivity index is 2.11. The molecule has 5 heteroatoms. The standard InChI is InChI=1S/C11H14BrFN2O/c1-16-3-2-7-6-14-10-5-9(13)8(12)4-11(10)15-7/h4-5,7,14-15H,2-3,6H2,1H3. The monoisotopic (exact) mass is 288 g/mol. The predicted molar refractivity (Wildman–Crippen MR) is 66.5 cm³/mol. The summed E-state index contributed by atoms with van der Waals surface area (Å²) in [5.74, 6) is -0.247. The summed E-state index contributed by atoms with van der Waals surface area (Å²) < 4.78 is 18.8. The van der Waals surface area contributed by atoms with Crippen molar-refractivity contribution in [1.29, 1.82) is 0 Å². The van der Waals surface area contributed by atoms with Gasteiger partial charge in [0, 0.05) is 32.4 Å². The van der Waals surface area contributed by atoms with Gasteiger partial charge in [0.05, 0.1) is 15.8 Å². The van der Waals surface area contributed by atoms with Crippen molar-refractivity contribution in [2.75, 3.05) is 30.9 Å². The maximum atomic E-state index is 13.3. The van der Waals surface area contributed by atoms with E-state index in [1.807, 2.05) is 0 Å². The van der Waals surface area contributed by atoms with E-state index in [0.29, 0.717) is 10.5 Å². The summed E-state index contributed by atoms with van der Waals surface area (Å²) in [6, 6.07) is 3.58. The van der Waals surface area contributed by atoms with Crippen molar-refractivity contribution < 1.29 is 9.13 Å². The molecule has 1 aliphatic rings. The Bertz CT molecular complexity index is 386. The molecule has 0 aliphatic carbocycles. The third-order valence-corrected chi connectivity index (χ3v) is 3.24. The molecule has 1 heterocycles. The minimum Gasteiger partial charge on any atom is -0.385 e. The zero-order chi connectivity index (χ0) is 11.5. The highest BCUT2D eigenvalue weighted by Crippen LogP contribution is 2.31. The fraction of sp³-hybridized carbons (Fsp3) is 0.455. The van der Waals surface area contributed by atoms with Crippen LogP contribution in [0.15, 0.2) is 16.6 Å². The van der Waals surface area contributed by atoms with Gasteiger partial charge in [-0.25, -0.2) is 4.39 Å². The number of fused-ring (bicyclic) bond motifs is 1. The lowest BCUT2D eigenvalue weighted by atomic mass is 10.1. The molecule has 1 aromatic carbocycles. The van der Waals surface area contributed by atoms with Gasteiger partial charge in [0.25, 0.3) is 0 Å². The summed E-state index contributed by atoms with van der Waals surface area (Å²) in [4.78, 5) is 0. The molecule has 0 aromatic heterocycles. The predicted octanol–water partition coefficient (Wildman–Crippen LogP) is 2.83. The van der Waals surface area contributed by atoms with Crippen molar-refractivity contribution in [1.82, 2.24) is 0 Å². The van der Waals surface area contributed by atoms with E-state index >= 15 is 0 Å². The fourth-order valence-electron chi connectivity index (χ4n) is 1.75. The van der Waals surface area contributed by atoms with Crippen LogP contribution in [0.4, 0.5) is 15.8 Å². The lowest BCUT2D eigenvalue weighted by Gasteiger charge is -2.28. The normalized spacial score (nSPS) is 18.6. The van der Waals surface area contributed by atoms with E-state index in [1.165, 1.54) is 6.07 Å². The summed E-state index contributed by atoms with van der Waals surface area (Å²) in [7, 11) is 1.69. The number of hydrogen-bond donors (Lipinski definition) is 2. The van der Waals surface area contributed by atoms with Gasteiger partial charge in [-0.05, 0) is 28.4 Å². The van der Waals surface area contributed by atoms with Gasteiger partial charge in [0.1, 0.15) is 5.82 Å². The molecule has 0 saturated carbocycles. The van der Waals surface area contributed by atoms with Crippen molar-refractivity contribution in [3.05, 3.63) is 22.4 Å². The second-order valence-corrected chi connectivity index (χ2v) is 4.67. The number of benzene rings is 1. The number of rotatable bonds is 3. The maximum absolute atomic E-state index is 13.3. The number of halogens is 2. The van der Waals surface area contributed by atoms with E-state index in [2.05, 4.69) is 26.6 Å². The number of nitrogens with one attached hydrogen (secondary N) is 2. The Kier molecular flexibility index (Phi) is 3.66. The van der Waals surface area contributed by atoms with Crippen LogP contribution in [0.3, 0.4) is 0 Å². The molecule has 0 saturated heterocycles. The highest BCUT2D eigenvalue weighted by Gasteiger charge is 2.18. The largest absolute Gasteiger partial charge is 0.385 e. The van der Waals surface area contributed by atoms with Crippen molar-refractivity contribution >= 4 is 27.3 Å². The Morgan fingerprint density at radius 3 is 3.06 bits per heavy atom. The molecule has 0 amide bonds. The van der Waals surface area contributed by atoms with E-state index in [4.69, 9.17) is 4.74 Å². The number of methoxy groups -OCH3 is 1. The van der Waals surface area contributed by atoms with Gasteiger partial charge in [0.15, 0.2) is 0 Å². The van der Waals surface area contributed by atoms with Crippen LogP contribution in [0, 0.1) is 5.82 Å². The van der Waals surface area contributed by atoms with Gasteiger partial charge < -0.3 is 15.4 Å². The molecular weight excluding hydrogens is 275 g/mol. The van der Waals surface area contributed by atoms with Crippen molar-refractivity contribution in [3.8, 4) is 0 Å². The molecule has 1 aliphatic heterocycles. The van der Waals surface area contributed by atoms with E-state index in [0.717, 1.165) is 30.9 Å². The quantitative estimate of drug-likeness (QED) is 0.897. The molecule has 0 fully saturated rings. The maximum Gasteiger partial charge on any atom is 0.139 e. The van der Waals surface area contributed by atoms with Gasteiger partial charge in [0.2, 0.25) is 0 Å². The summed E-state index contributed by atoms with van der Waals surface area (Å²) in [6.45, 7) is 1.51. The average Bonchev–Trinajstić information content (AvgIpc) is 2.28. The highest BCUT2D eigenvalue weighted by molar-refractivity contribution is 9.10. The van der Waals surface area contributed by atoms with Crippen LogP contribution in [0.2, 0.25) is 0 Å². The van der Waals surface area contributed by atoms with Gasteiger partial charge in [-0.2, -0.15) is 0 Å². The SMILES string of the molecule is COCCC1CNc2cc(F)c(Br)cc2N1. The van der Waals surface area contributed by atoms with E-state index in [-0.39, 0.29) is 5.82 Å². The third-order valence-electron chi connectivity index (χ3n) is 2.63. The van der Waals surface area contributed by atoms with E-state index < -0.39 is 0 Å². The molecule has 0 bridgehead atoms. The highest BCUT2D eigenvalue weighted by atomic mass is 79.9. The molecule has 0 radical (unpaired) electrons. The minimum atomic E-state index is -0.247. The second kappa shape index (κ2) is 5.01. The Morgan fingerprint density at radius 1 is 1.50 bits per heavy atom. The van der Waals surface area contributed by atoms with Crippen LogP contribution in [-0.2, 0) is 4.74 Å². The smallest absolute Gasteiger partial charge is 0.139 e. The molecule has 1 aromatic rings. The van der Waals surface area contributed by atoms with Crippen LogP contribution in [0.5, 0.6) is 0 Å². The van der Waals surface area contributed by atoms with Gasteiger partial charge in [-0.3, -0.25) is 0 Å². The summed E-state index contributed by atoms with van der Waals surface area (Å²) in [5, 5.41) is 6.57. The zero-order valence-electron chi connectivity index (χ0n) is 9.02. The summed E-state index contributed by atoms with van der Waals surface area (Å²) in [6.07, 6.45) is 0.929. The first-order valence-electron chi connectivity index (χ1n) is 5.19. The van der Waals surface area contributed by atoms with Crippen LogP contribution in [0.25, 0.3) is 0 Å². The van der Waals surface area contributed by atoms with Gasteiger partial charge in [-0.15, -0.1) is 0 Å². The fourth-order valence-corrected chi connectivity index (χ4v) is 2.09. The van der Waals surface area contributed by atoms with Crippen molar-refractivity contribution in [2.24, 2.45) is 0 Å². The van der Waals surface area contributed by atoms with E-state index in [1.54, 1.807) is 13.2 Å². The molecule has 3 nitrogen and oxygen atoms in total. The van der Waals surface area contributed by atoms with E-state index in [9.17, 15) is 4.39 Å². The second-order valence-electron chi connectivity index (χ2n) is 3.82. The molecule has 0 spiro atoms. The first kappa shape index (κ1) is 11.7. The molecule has 88 valence electrons. The minimum absolute atomic E-state index is 0.247. The van der Waals surface area contributed by atoms with Crippen LogP contribution in [0.1, 0.15) is 6.42 Å². The number of hydrogen-bond acceptors (Lipinski definition) is 3. The Morgan fingerprint density at radius 2 is 2.31 bits per heavy atom. The molecule has 2 rings (SSSR count). The first-order valence-corrected chi connectivity index (χ1v) is 5.98. The van der Waals surface area contributed by atoms with Crippen LogP contribution < -0.4 is 10.6 Å². The van der Waals surface area contributed by atoms with Gasteiger partial charge in [-0.1, -0.05) is 0 Å². The molecule has 1 unspecified atom stereocenters. The number of ether oxygens (including phenoxy) is 1. The Hall–Kier alpha value is -0.810. The Labute approximate surface area is 102 Å². The van der Waals surface area contributed by atoms with Crippen molar-refractivity contribution in [2.45, 2.75) is 12.5 Å². The molecule has 2 N–H and O–H groups in total. The zero-order valence-corrected chi connectivity index (χ0v) is 10.6. The van der Waals surface area contributed by atoms with Crippen LogP contribution >= 0.6 is 15.9 Å². The topological polar surface area (TPSA) is 33.3 Å². The molecule has 16 heavy (non-hydrogen) atoms. The van der Waals surface area contributed by atoms with Gasteiger partial charge >= 0.3 is 0 Å². The summed E-state index contributed by atoms with van der Waals surface area (Å²) in [5.41, 5.74) is 1.75. The lowest BCUT2D eigenvalue weighted by molar-refractivity contribution is 0.190.